The zero-order valence-electron chi connectivity index (χ0n) is 9.12. The number of amides is 1. The van der Waals surface area contributed by atoms with E-state index in [4.69, 9.17) is 10.8 Å². The third-order valence-corrected chi connectivity index (χ3v) is 2.43. The SMILES string of the molecule is Cc1cc(C(=O)O)ccc1C(O)C(O)C(N)=O. The average Bonchev–Trinajstić information content (AvgIpc) is 2.26. The highest BCUT2D eigenvalue weighted by molar-refractivity contribution is 5.88. The molecule has 2 atom stereocenters. The highest BCUT2D eigenvalue weighted by Gasteiger charge is 2.24. The molecule has 0 radical (unpaired) electrons. The Bertz CT molecular complexity index is 457. The van der Waals surface area contributed by atoms with Crippen LogP contribution >= 0.6 is 0 Å². The van der Waals surface area contributed by atoms with Crippen LogP contribution in [0.3, 0.4) is 0 Å². The summed E-state index contributed by atoms with van der Waals surface area (Å²) in [6.45, 7) is 1.57. The first-order valence-corrected chi connectivity index (χ1v) is 4.84. The first-order chi connectivity index (χ1) is 7.84. The van der Waals surface area contributed by atoms with Crippen LogP contribution in [-0.4, -0.2) is 33.3 Å². The van der Waals surface area contributed by atoms with Crippen molar-refractivity contribution in [3.05, 3.63) is 34.9 Å². The van der Waals surface area contributed by atoms with Gasteiger partial charge in [-0.05, 0) is 30.2 Å². The summed E-state index contributed by atoms with van der Waals surface area (Å²) in [4.78, 5) is 21.4. The predicted molar refractivity (Wildman–Crippen MR) is 58.3 cm³/mol. The maximum Gasteiger partial charge on any atom is 0.335 e. The van der Waals surface area contributed by atoms with Crippen LogP contribution in [0, 0.1) is 6.92 Å². The lowest BCUT2D eigenvalue weighted by Gasteiger charge is -2.17. The van der Waals surface area contributed by atoms with Crippen LogP contribution in [0.2, 0.25) is 0 Å². The fourth-order valence-electron chi connectivity index (χ4n) is 1.47. The summed E-state index contributed by atoms with van der Waals surface area (Å²) in [6.07, 6.45) is -3.18. The molecule has 0 aromatic heterocycles. The summed E-state index contributed by atoms with van der Waals surface area (Å²) in [5.74, 6) is -2.14. The number of aliphatic hydroxyl groups excluding tert-OH is 2. The van der Waals surface area contributed by atoms with E-state index in [9.17, 15) is 19.8 Å². The minimum Gasteiger partial charge on any atom is -0.478 e. The molecule has 0 spiro atoms. The van der Waals surface area contributed by atoms with Gasteiger partial charge in [0.2, 0.25) is 5.91 Å². The summed E-state index contributed by atoms with van der Waals surface area (Å²) in [6, 6.07) is 3.96. The molecule has 0 saturated heterocycles. The van der Waals surface area contributed by atoms with Crippen LogP contribution in [0.25, 0.3) is 0 Å². The van der Waals surface area contributed by atoms with Gasteiger partial charge in [0.05, 0.1) is 5.56 Å². The number of carbonyl (C=O) groups is 2. The molecule has 17 heavy (non-hydrogen) atoms. The smallest absolute Gasteiger partial charge is 0.335 e. The zero-order valence-corrected chi connectivity index (χ0v) is 9.12. The number of carboxylic acid groups (broad SMARTS) is 1. The molecule has 1 aromatic carbocycles. The minimum atomic E-state index is -1.72. The van der Waals surface area contributed by atoms with Crippen LogP contribution < -0.4 is 5.73 Å². The van der Waals surface area contributed by atoms with Crippen LogP contribution in [0.4, 0.5) is 0 Å². The number of hydrogen-bond donors (Lipinski definition) is 4. The first kappa shape index (κ1) is 13.1. The molecule has 0 aliphatic rings. The Balaban J connectivity index is 3.08. The van der Waals surface area contributed by atoms with Crippen molar-refractivity contribution >= 4 is 11.9 Å². The Kier molecular flexibility index (Phi) is 3.82. The molecule has 0 bridgehead atoms. The van der Waals surface area contributed by atoms with Crippen molar-refractivity contribution in [3.8, 4) is 0 Å². The van der Waals surface area contributed by atoms with E-state index >= 15 is 0 Å². The van der Waals surface area contributed by atoms with Gasteiger partial charge in [-0.15, -0.1) is 0 Å². The molecule has 5 N–H and O–H groups in total. The second kappa shape index (κ2) is 4.94. The Labute approximate surface area is 97.3 Å². The highest BCUT2D eigenvalue weighted by atomic mass is 16.4. The summed E-state index contributed by atoms with van der Waals surface area (Å²) in [7, 11) is 0. The van der Waals surface area contributed by atoms with E-state index in [0.29, 0.717) is 5.56 Å². The van der Waals surface area contributed by atoms with Gasteiger partial charge >= 0.3 is 5.97 Å². The number of carbonyl (C=O) groups excluding carboxylic acids is 1. The summed E-state index contributed by atoms with van der Waals surface area (Å²) in [5, 5.41) is 27.7. The lowest BCUT2D eigenvalue weighted by Crippen LogP contribution is -2.34. The number of aryl methyl sites for hydroxylation is 1. The van der Waals surface area contributed by atoms with Crippen molar-refractivity contribution in [1.29, 1.82) is 0 Å². The highest BCUT2D eigenvalue weighted by Crippen LogP contribution is 2.22. The quantitative estimate of drug-likeness (QED) is 0.568. The van der Waals surface area contributed by atoms with E-state index < -0.39 is 24.1 Å². The largest absolute Gasteiger partial charge is 0.478 e. The number of rotatable bonds is 4. The van der Waals surface area contributed by atoms with Gasteiger partial charge in [-0.25, -0.2) is 4.79 Å². The van der Waals surface area contributed by atoms with E-state index in [1.165, 1.54) is 18.2 Å². The lowest BCUT2D eigenvalue weighted by molar-refractivity contribution is -0.132. The minimum absolute atomic E-state index is 0.0621. The van der Waals surface area contributed by atoms with Gasteiger partial charge in [-0.2, -0.15) is 0 Å². The normalized spacial score (nSPS) is 14.1. The van der Waals surface area contributed by atoms with Gasteiger partial charge in [0.25, 0.3) is 0 Å². The van der Waals surface area contributed by atoms with Gasteiger partial charge < -0.3 is 21.1 Å². The van der Waals surface area contributed by atoms with Crippen molar-refractivity contribution in [2.45, 2.75) is 19.1 Å². The molecule has 92 valence electrons. The first-order valence-electron chi connectivity index (χ1n) is 4.84. The second-order valence-electron chi connectivity index (χ2n) is 3.67. The predicted octanol–water partition coefficient (Wildman–Crippen LogP) is -0.427. The third kappa shape index (κ3) is 2.80. The number of aromatic carboxylic acids is 1. The molecule has 0 fully saturated rings. The van der Waals surface area contributed by atoms with E-state index in [1.807, 2.05) is 0 Å². The number of aliphatic hydroxyl groups is 2. The van der Waals surface area contributed by atoms with Crippen molar-refractivity contribution in [3.63, 3.8) is 0 Å². The third-order valence-electron chi connectivity index (χ3n) is 2.43. The number of benzene rings is 1. The van der Waals surface area contributed by atoms with E-state index in [0.717, 1.165) is 0 Å². The molecule has 0 heterocycles. The molecule has 0 aliphatic carbocycles. The zero-order chi connectivity index (χ0) is 13.2. The van der Waals surface area contributed by atoms with Gasteiger partial charge in [-0.1, -0.05) is 6.07 Å². The molecular formula is C11H13NO5. The van der Waals surface area contributed by atoms with Crippen LogP contribution in [-0.2, 0) is 4.79 Å². The number of hydrogen-bond acceptors (Lipinski definition) is 4. The molecular weight excluding hydrogens is 226 g/mol. The maximum absolute atomic E-state index is 10.7. The molecule has 1 amide bonds. The molecule has 1 rings (SSSR count). The van der Waals surface area contributed by atoms with Crippen LogP contribution in [0.15, 0.2) is 18.2 Å². The summed E-state index contributed by atoms with van der Waals surface area (Å²) in [5.41, 5.74) is 5.64. The van der Waals surface area contributed by atoms with Crippen molar-refractivity contribution in [2.24, 2.45) is 5.73 Å². The van der Waals surface area contributed by atoms with Crippen LogP contribution in [0.1, 0.15) is 27.6 Å². The van der Waals surface area contributed by atoms with Gasteiger partial charge in [0.15, 0.2) is 6.10 Å². The van der Waals surface area contributed by atoms with E-state index in [-0.39, 0.29) is 11.1 Å². The van der Waals surface area contributed by atoms with Crippen molar-refractivity contribution in [1.82, 2.24) is 0 Å². The standard InChI is InChI=1S/C11H13NO5/c1-5-4-6(11(16)17)2-3-7(5)8(13)9(14)10(12)15/h2-4,8-9,13-14H,1H3,(H2,12,15)(H,16,17). The van der Waals surface area contributed by atoms with Gasteiger partial charge in [-0.3, -0.25) is 4.79 Å². The molecule has 0 saturated carbocycles. The summed E-state index contributed by atoms with van der Waals surface area (Å²) >= 11 is 0. The Hall–Kier alpha value is -1.92. The second-order valence-corrected chi connectivity index (χ2v) is 3.67. The number of nitrogens with two attached hydrogens (primary N) is 1. The Morgan fingerprint density at radius 2 is 1.88 bits per heavy atom. The summed E-state index contributed by atoms with van der Waals surface area (Å²) < 4.78 is 0. The molecule has 6 heteroatoms. The molecule has 2 unspecified atom stereocenters. The van der Waals surface area contributed by atoms with Gasteiger partial charge in [0, 0.05) is 0 Å². The van der Waals surface area contributed by atoms with Crippen LogP contribution in [0.5, 0.6) is 0 Å². The fourth-order valence-corrected chi connectivity index (χ4v) is 1.47. The number of primary amides is 1. The van der Waals surface area contributed by atoms with Crippen molar-refractivity contribution < 1.29 is 24.9 Å². The number of carboxylic acids is 1. The van der Waals surface area contributed by atoms with E-state index in [2.05, 4.69) is 0 Å². The van der Waals surface area contributed by atoms with Crippen molar-refractivity contribution in [2.75, 3.05) is 0 Å². The van der Waals surface area contributed by atoms with Gasteiger partial charge in [0.1, 0.15) is 6.10 Å². The lowest BCUT2D eigenvalue weighted by atomic mass is 9.97. The monoisotopic (exact) mass is 239 g/mol. The molecule has 1 aromatic rings. The molecule has 6 nitrogen and oxygen atoms in total. The Morgan fingerprint density at radius 3 is 2.29 bits per heavy atom. The van der Waals surface area contributed by atoms with E-state index in [1.54, 1.807) is 6.92 Å². The average molecular weight is 239 g/mol. The topological polar surface area (TPSA) is 121 Å². The Morgan fingerprint density at radius 1 is 1.29 bits per heavy atom. The fraction of sp³-hybridized carbons (Fsp3) is 0.273. The maximum atomic E-state index is 10.7. The molecule has 0 aliphatic heterocycles.